The smallest absolute Gasteiger partial charge is 0.286 e. The maximum absolute atomic E-state index is 12.0. The van der Waals surface area contributed by atoms with Crippen molar-refractivity contribution < 1.29 is 14.3 Å². The minimum atomic E-state index is -0.361. The number of aromatic nitrogens is 1. The normalized spacial score (nSPS) is 15.8. The zero-order valence-corrected chi connectivity index (χ0v) is 18.2. The van der Waals surface area contributed by atoms with Gasteiger partial charge in [-0.05, 0) is 47.4 Å². The van der Waals surface area contributed by atoms with E-state index in [1.54, 1.807) is 0 Å². The summed E-state index contributed by atoms with van der Waals surface area (Å²) < 4.78 is 8.08. The summed E-state index contributed by atoms with van der Waals surface area (Å²) in [6, 6.07) is 26.5. The first-order chi connectivity index (χ1) is 15.7. The van der Waals surface area contributed by atoms with Gasteiger partial charge in [0.2, 0.25) is 5.91 Å². The Labute approximate surface area is 190 Å². The second-order valence-corrected chi connectivity index (χ2v) is 8.97. The second-order valence-electron chi connectivity index (χ2n) is 7.80. The van der Waals surface area contributed by atoms with Gasteiger partial charge in [0.1, 0.15) is 12.4 Å². The lowest BCUT2D eigenvalue weighted by atomic mass is 10.0. The Hall–Kier alpha value is -3.51. The number of amides is 2. The van der Waals surface area contributed by atoms with Gasteiger partial charge >= 0.3 is 0 Å². The molecule has 0 aliphatic carbocycles. The van der Waals surface area contributed by atoms with Crippen LogP contribution in [-0.4, -0.2) is 21.0 Å². The zero-order chi connectivity index (χ0) is 21.9. The van der Waals surface area contributed by atoms with Gasteiger partial charge in [-0.2, -0.15) is 0 Å². The summed E-state index contributed by atoms with van der Waals surface area (Å²) in [5.41, 5.74) is 4.51. The van der Waals surface area contributed by atoms with Gasteiger partial charge < -0.3 is 9.30 Å². The first kappa shape index (κ1) is 20.4. The third-order valence-corrected chi connectivity index (χ3v) is 6.58. The summed E-state index contributed by atoms with van der Waals surface area (Å²) in [4.78, 5) is 23.4. The van der Waals surface area contributed by atoms with Crippen LogP contribution >= 0.6 is 11.8 Å². The lowest BCUT2D eigenvalue weighted by Crippen LogP contribution is -2.25. The van der Waals surface area contributed by atoms with Gasteiger partial charge in [-0.3, -0.25) is 14.9 Å². The van der Waals surface area contributed by atoms with Gasteiger partial charge in [0.05, 0.1) is 5.25 Å². The Balaban J connectivity index is 1.28. The van der Waals surface area contributed by atoms with Crippen molar-refractivity contribution in [3.8, 4) is 5.75 Å². The van der Waals surface area contributed by atoms with Crippen molar-refractivity contribution in [3.63, 3.8) is 0 Å². The average molecular weight is 443 g/mol. The third kappa shape index (κ3) is 4.41. The molecule has 2 amide bonds. The molecule has 160 valence electrons. The number of carbonyl (C=O) groups excluding carboxylic acids is 2. The number of ether oxygens (including phenoxy) is 1. The molecule has 5 nitrogen and oxygen atoms in total. The van der Waals surface area contributed by atoms with E-state index in [4.69, 9.17) is 4.74 Å². The summed E-state index contributed by atoms with van der Waals surface area (Å²) in [5.74, 6) is 0.644. The fraction of sp³-hybridized carbons (Fsp3) is 0.154. The molecule has 4 aromatic rings. The van der Waals surface area contributed by atoms with Crippen molar-refractivity contribution in [1.82, 2.24) is 9.88 Å². The highest BCUT2D eigenvalue weighted by Gasteiger charge is 2.31. The number of fused-ring (bicyclic) bond motifs is 1. The molecule has 1 aliphatic heterocycles. The molecule has 32 heavy (non-hydrogen) atoms. The Morgan fingerprint density at radius 1 is 0.875 bits per heavy atom. The maximum Gasteiger partial charge on any atom is 0.286 e. The number of nitrogens with zero attached hydrogens (tertiary/aromatic N) is 1. The first-order valence-electron chi connectivity index (χ1n) is 10.5. The fourth-order valence-electron chi connectivity index (χ4n) is 3.96. The van der Waals surface area contributed by atoms with Crippen molar-refractivity contribution in [2.75, 3.05) is 0 Å². The maximum atomic E-state index is 12.0. The Kier molecular flexibility index (Phi) is 5.69. The Bertz CT molecular complexity index is 1270. The molecule has 1 fully saturated rings. The number of carbonyl (C=O) groups is 2. The van der Waals surface area contributed by atoms with Crippen LogP contribution in [-0.2, 0) is 24.4 Å². The van der Waals surface area contributed by atoms with Gasteiger partial charge in [-0.1, -0.05) is 66.4 Å². The standard InChI is InChI=1S/C26H22N2O3S/c29-25-24(32-26(30)27-25)15-20-7-4-8-23-22(20)13-14-28(23)16-18-9-11-21(12-10-18)31-17-19-5-2-1-3-6-19/h1-14,24H,15-17H2,(H,27,29,30). The molecule has 0 spiro atoms. The number of rotatable bonds is 7. The van der Waals surface area contributed by atoms with E-state index in [0.29, 0.717) is 13.0 Å². The van der Waals surface area contributed by atoms with E-state index < -0.39 is 0 Å². The molecule has 6 heteroatoms. The van der Waals surface area contributed by atoms with E-state index in [2.05, 4.69) is 52.5 Å². The highest BCUT2D eigenvalue weighted by Crippen LogP contribution is 2.28. The molecule has 1 aliphatic rings. The molecule has 3 aromatic carbocycles. The number of hydrogen-bond donors (Lipinski definition) is 1. The van der Waals surface area contributed by atoms with Gasteiger partial charge in [-0.25, -0.2) is 0 Å². The highest BCUT2D eigenvalue weighted by molar-refractivity contribution is 8.15. The molecule has 1 unspecified atom stereocenters. The van der Waals surface area contributed by atoms with Crippen LogP contribution in [0.15, 0.2) is 85.1 Å². The van der Waals surface area contributed by atoms with Gasteiger partial charge in [0.15, 0.2) is 0 Å². The minimum Gasteiger partial charge on any atom is -0.489 e. The number of nitrogens with one attached hydrogen (secondary N) is 1. The van der Waals surface area contributed by atoms with Gasteiger partial charge in [-0.15, -0.1) is 0 Å². The number of benzene rings is 3. The van der Waals surface area contributed by atoms with Crippen LogP contribution < -0.4 is 10.1 Å². The number of imide groups is 1. The summed E-state index contributed by atoms with van der Waals surface area (Å²) in [5, 5.41) is 2.86. The van der Waals surface area contributed by atoms with Gasteiger partial charge in [0, 0.05) is 23.6 Å². The summed E-state index contributed by atoms with van der Waals surface area (Å²) in [7, 11) is 0. The number of hydrogen-bond acceptors (Lipinski definition) is 4. The molecule has 0 radical (unpaired) electrons. The molecular formula is C26H22N2O3S. The van der Waals surface area contributed by atoms with Crippen LogP contribution in [0.4, 0.5) is 4.79 Å². The van der Waals surface area contributed by atoms with E-state index in [-0.39, 0.29) is 16.4 Å². The molecule has 0 saturated carbocycles. The van der Waals surface area contributed by atoms with E-state index in [1.807, 2.05) is 42.5 Å². The first-order valence-corrected chi connectivity index (χ1v) is 11.4. The quantitative estimate of drug-likeness (QED) is 0.429. The molecular weight excluding hydrogens is 420 g/mol. The van der Waals surface area contributed by atoms with Crippen molar-refractivity contribution >= 4 is 33.8 Å². The summed E-state index contributed by atoms with van der Waals surface area (Å²) in [6.07, 6.45) is 2.61. The van der Waals surface area contributed by atoms with E-state index in [0.717, 1.165) is 46.1 Å². The van der Waals surface area contributed by atoms with Crippen LogP contribution in [0, 0.1) is 0 Å². The Morgan fingerprint density at radius 2 is 1.69 bits per heavy atom. The molecule has 1 aromatic heterocycles. The van der Waals surface area contributed by atoms with Crippen LogP contribution in [0.3, 0.4) is 0 Å². The molecule has 1 N–H and O–H groups in total. The molecule has 1 atom stereocenters. The molecule has 1 saturated heterocycles. The summed E-state index contributed by atoms with van der Waals surface area (Å²) in [6.45, 7) is 1.29. The lowest BCUT2D eigenvalue weighted by Gasteiger charge is -2.10. The number of thioether (sulfide) groups is 1. The molecule has 0 bridgehead atoms. The highest BCUT2D eigenvalue weighted by atomic mass is 32.2. The van der Waals surface area contributed by atoms with Gasteiger partial charge in [0.25, 0.3) is 5.24 Å². The zero-order valence-electron chi connectivity index (χ0n) is 17.4. The summed E-state index contributed by atoms with van der Waals surface area (Å²) >= 11 is 1.07. The fourth-order valence-corrected chi connectivity index (χ4v) is 4.81. The lowest BCUT2D eigenvalue weighted by molar-refractivity contribution is -0.118. The minimum absolute atomic E-state index is 0.203. The van der Waals surface area contributed by atoms with E-state index in [9.17, 15) is 9.59 Å². The van der Waals surface area contributed by atoms with Crippen molar-refractivity contribution in [2.24, 2.45) is 0 Å². The largest absolute Gasteiger partial charge is 0.489 e. The second kappa shape index (κ2) is 8.93. The van der Waals surface area contributed by atoms with E-state index in [1.165, 1.54) is 5.56 Å². The topological polar surface area (TPSA) is 60.3 Å². The van der Waals surface area contributed by atoms with Crippen LogP contribution in [0.1, 0.15) is 16.7 Å². The molecule has 5 rings (SSSR count). The van der Waals surface area contributed by atoms with Crippen LogP contribution in [0.25, 0.3) is 10.9 Å². The average Bonchev–Trinajstić information content (AvgIpc) is 3.36. The predicted molar refractivity (Wildman–Crippen MR) is 127 cm³/mol. The molecule has 2 heterocycles. The predicted octanol–water partition coefficient (Wildman–Crippen LogP) is 5.16. The van der Waals surface area contributed by atoms with Crippen molar-refractivity contribution in [3.05, 3.63) is 102 Å². The van der Waals surface area contributed by atoms with Crippen molar-refractivity contribution in [1.29, 1.82) is 0 Å². The van der Waals surface area contributed by atoms with Crippen LogP contribution in [0.2, 0.25) is 0 Å². The Morgan fingerprint density at radius 3 is 2.44 bits per heavy atom. The monoisotopic (exact) mass is 442 g/mol. The van der Waals surface area contributed by atoms with E-state index >= 15 is 0 Å². The third-order valence-electron chi connectivity index (χ3n) is 5.60. The van der Waals surface area contributed by atoms with Crippen molar-refractivity contribution in [2.45, 2.75) is 24.8 Å². The SMILES string of the molecule is O=C1NC(=O)C(Cc2cccc3c2ccn3Cc2ccc(OCc3ccccc3)cc2)S1. The van der Waals surface area contributed by atoms with Crippen LogP contribution in [0.5, 0.6) is 5.75 Å².